The second-order valence-corrected chi connectivity index (χ2v) is 7.29. The fourth-order valence-electron chi connectivity index (χ4n) is 4.16. The van der Waals surface area contributed by atoms with E-state index in [1.54, 1.807) is 0 Å². The predicted molar refractivity (Wildman–Crippen MR) is 119 cm³/mol. The van der Waals surface area contributed by atoms with Crippen LogP contribution in [0.4, 0.5) is 0 Å². The van der Waals surface area contributed by atoms with Crippen molar-refractivity contribution in [3.05, 3.63) is 90.1 Å². The smallest absolute Gasteiger partial charge is 0.340 e. The molecule has 0 bridgehead atoms. The monoisotopic (exact) mass is 379 g/mol. The third kappa shape index (κ3) is 2.70. The van der Waals surface area contributed by atoms with Crippen LogP contribution in [0.3, 0.4) is 0 Å². The van der Waals surface area contributed by atoms with Gasteiger partial charge in [0.25, 0.3) is 0 Å². The van der Waals surface area contributed by atoms with E-state index in [9.17, 15) is 4.79 Å². The van der Waals surface area contributed by atoms with Crippen molar-refractivity contribution in [1.82, 2.24) is 4.40 Å². The molecule has 0 aliphatic carbocycles. The lowest BCUT2D eigenvalue weighted by Crippen LogP contribution is -2.05. The molecule has 0 amide bonds. The molecule has 29 heavy (non-hydrogen) atoms. The van der Waals surface area contributed by atoms with Crippen molar-refractivity contribution >= 4 is 33.2 Å². The lowest BCUT2D eigenvalue weighted by Gasteiger charge is -2.12. The summed E-state index contributed by atoms with van der Waals surface area (Å²) in [7, 11) is 0. The first kappa shape index (κ1) is 17.5. The van der Waals surface area contributed by atoms with Crippen LogP contribution >= 0.6 is 0 Å². The molecule has 0 N–H and O–H groups in total. The van der Waals surface area contributed by atoms with Crippen LogP contribution in [-0.4, -0.2) is 17.0 Å². The molecule has 3 aromatic carbocycles. The fraction of sp³-hybridized carbons (Fsp3) is 0.115. The topological polar surface area (TPSA) is 30.7 Å². The van der Waals surface area contributed by atoms with Crippen molar-refractivity contribution in [1.29, 1.82) is 0 Å². The highest BCUT2D eigenvalue weighted by atomic mass is 16.5. The summed E-state index contributed by atoms with van der Waals surface area (Å²) in [6.07, 6.45) is 2.15. The zero-order chi connectivity index (χ0) is 20.0. The van der Waals surface area contributed by atoms with Gasteiger partial charge in [-0.25, -0.2) is 4.79 Å². The van der Waals surface area contributed by atoms with E-state index in [0.717, 1.165) is 38.3 Å². The summed E-state index contributed by atoms with van der Waals surface area (Å²) in [5.74, 6) is -0.278. The second kappa shape index (κ2) is 6.78. The van der Waals surface area contributed by atoms with Gasteiger partial charge in [-0.1, -0.05) is 72.3 Å². The fourth-order valence-corrected chi connectivity index (χ4v) is 4.16. The minimum absolute atomic E-state index is 0.278. The maximum atomic E-state index is 12.9. The average Bonchev–Trinajstić information content (AvgIpc) is 3.09. The van der Waals surface area contributed by atoms with Crippen molar-refractivity contribution in [3.8, 4) is 11.1 Å². The van der Waals surface area contributed by atoms with Gasteiger partial charge in [0.05, 0.1) is 23.2 Å². The molecule has 0 unspecified atom stereocenters. The highest BCUT2D eigenvalue weighted by Gasteiger charge is 2.22. The Bertz CT molecular complexity index is 1380. The molecule has 2 aromatic heterocycles. The zero-order valence-corrected chi connectivity index (χ0v) is 16.5. The lowest BCUT2D eigenvalue weighted by atomic mass is 9.98. The minimum atomic E-state index is -0.278. The zero-order valence-electron chi connectivity index (χ0n) is 16.5. The molecule has 0 fully saturated rings. The number of aromatic nitrogens is 1. The van der Waals surface area contributed by atoms with Crippen LogP contribution < -0.4 is 0 Å². The van der Waals surface area contributed by atoms with Gasteiger partial charge in [0.1, 0.15) is 0 Å². The standard InChI is InChI=1S/C26H21NO2/c1-3-29-26(28)24-21-10-6-7-11-23(21)27-16-22(18-14-12-17(2)13-15-18)19-8-4-5-9-20(19)25(24)27/h4-16H,3H2,1-2H3. The Morgan fingerprint density at radius 3 is 2.24 bits per heavy atom. The number of pyridine rings is 1. The highest BCUT2D eigenvalue weighted by molar-refractivity contribution is 6.19. The maximum absolute atomic E-state index is 12.9. The van der Waals surface area contributed by atoms with Gasteiger partial charge in [-0.15, -0.1) is 0 Å². The van der Waals surface area contributed by atoms with E-state index in [2.05, 4.69) is 60.0 Å². The normalized spacial score (nSPS) is 11.4. The molecule has 0 aliphatic heterocycles. The average molecular weight is 379 g/mol. The van der Waals surface area contributed by atoms with Gasteiger partial charge >= 0.3 is 5.97 Å². The summed E-state index contributed by atoms with van der Waals surface area (Å²) in [5.41, 5.74) is 6.07. The molecule has 2 heterocycles. The van der Waals surface area contributed by atoms with Gasteiger partial charge in [-0.2, -0.15) is 0 Å². The van der Waals surface area contributed by atoms with E-state index < -0.39 is 0 Å². The maximum Gasteiger partial charge on any atom is 0.340 e. The Balaban J connectivity index is 1.97. The second-order valence-electron chi connectivity index (χ2n) is 7.29. The number of carbonyl (C=O) groups is 1. The Hall–Kier alpha value is -3.59. The van der Waals surface area contributed by atoms with E-state index in [1.807, 2.05) is 37.3 Å². The molecule has 3 nitrogen and oxygen atoms in total. The third-order valence-corrected chi connectivity index (χ3v) is 5.48. The first-order chi connectivity index (χ1) is 14.2. The summed E-state index contributed by atoms with van der Waals surface area (Å²) >= 11 is 0. The van der Waals surface area contributed by atoms with Crippen molar-refractivity contribution in [2.75, 3.05) is 6.61 Å². The van der Waals surface area contributed by atoms with Gasteiger partial charge in [-0.05, 0) is 30.9 Å². The number of ether oxygens (including phenoxy) is 1. The summed E-state index contributed by atoms with van der Waals surface area (Å²) in [6.45, 7) is 4.28. The van der Waals surface area contributed by atoms with Crippen LogP contribution in [0.25, 0.3) is 38.3 Å². The van der Waals surface area contributed by atoms with Crippen molar-refractivity contribution < 1.29 is 9.53 Å². The van der Waals surface area contributed by atoms with E-state index in [4.69, 9.17) is 4.74 Å². The number of aryl methyl sites for hydroxylation is 1. The third-order valence-electron chi connectivity index (χ3n) is 5.48. The largest absolute Gasteiger partial charge is 0.462 e. The summed E-state index contributed by atoms with van der Waals surface area (Å²) in [4.78, 5) is 12.9. The van der Waals surface area contributed by atoms with Gasteiger partial charge in [0.15, 0.2) is 0 Å². The van der Waals surface area contributed by atoms with E-state index in [1.165, 1.54) is 5.56 Å². The SMILES string of the molecule is CCOC(=O)c1c2ccccc2n2cc(-c3ccc(C)cc3)c3ccccc3c12. The van der Waals surface area contributed by atoms with Crippen LogP contribution in [0.2, 0.25) is 0 Å². The quantitative estimate of drug-likeness (QED) is 0.340. The molecule has 5 rings (SSSR count). The van der Waals surface area contributed by atoms with Gasteiger partial charge in [0.2, 0.25) is 0 Å². The number of esters is 1. The molecule has 5 aromatic rings. The van der Waals surface area contributed by atoms with E-state index >= 15 is 0 Å². The van der Waals surface area contributed by atoms with E-state index in [-0.39, 0.29) is 5.97 Å². The molecule has 142 valence electrons. The summed E-state index contributed by atoms with van der Waals surface area (Å²) < 4.78 is 7.57. The van der Waals surface area contributed by atoms with Crippen molar-refractivity contribution in [2.45, 2.75) is 13.8 Å². The molecule has 0 spiro atoms. The van der Waals surface area contributed by atoms with Crippen LogP contribution in [0.15, 0.2) is 79.0 Å². The lowest BCUT2D eigenvalue weighted by molar-refractivity contribution is 0.0531. The molecule has 0 radical (unpaired) electrons. The Morgan fingerprint density at radius 1 is 0.862 bits per heavy atom. The molecule has 3 heteroatoms. The number of hydrogen-bond acceptors (Lipinski definition) is 2. The summed E-state index contributed by atoms with van der Waals surface area (Å²) in [6, 6.07) is 24.9. The molecule has 0 saturated carbocycles. The number of fused-ring (bicyclic) bond motifs is 5. The predicted octanol–water partition coefficient (Wildman–Crippen LogP) is 6.40. The number of benzene rings is 3. The van der Waals surface area contributed by atoms with Crippen LogP contribution in [0.1, 0.15) is 22.8 Å². The Kier molecular flexibility index (Phi) is 4.09. The van der Waals surface area contributed by atoms with Gasteiger partial charge in [-0.3, -0.25) is 0 Å². The van der Waals surface area contributed by atoms with Crippen LogP contribution in [0, 0.1) is 6.92 Å². The van der Waals surface area contributed by atoms with Gasteiger partial charge in [0, 0.05) is 22.5 Å². The highest BCUT2D eigenvalue weighted by Crippen LogP contribution is 2.37. The first-order valence-electron chi connectivity index (χ1n) is 9.87. The number of hydrogen-bond donors (Lipinski definition) is 0. The van der Waals surface area contributed by atoms with Crippen LogP contribution in [0.5, 0.6) is 0 Å². The molecule has 0 aliphatic rings. The summed E-state index contributed by atoms with van der Waals surface area (Å²) in [5, 5.41) is 3.08. The number of rotatable bonds is 3. The minimum Gasteiger partial charge on any atom is -0.462 e. The van der Waals surface area contributed by atoms with Crippen LogP contribution in [-0.2, 0) is 4.74 Å². The van der Waals surface area contributed by atoms with Gasteiger partial charge < -0.3 is 9.14 Å². The first-order valence-corrected chi connectivity index (χ1v) is 9.87. The number of carbonyl (C=O) groups excluding carboxylic acids is 1. The Labute approximate surface area is 169 Å². The molecular weight excluding hydrogens is 358 g/mol. The van der Waals surface area contributed by atoms with Crippen molar-refractivity contribution in [3.63, 3.8) is 0 Å². The number of para-hydroxylation sites is 1. The number of nitrogens with zero attached hydrogens (tertiary/aromatic N) is 1. The Morgan fingerprint density at radius 2 is 1.52 bits per heavy atom. The molecule has 0 saturated heterocycles. The van der Waals surface area contributed by atoms with Crippen molar-refractivity contribution in [2.24, 2.45) is 0 Å². The molecular formula is C26H21NO2. The molecule has 0 atom stereocenters. The van der Waals surface area contributed by atoms with E-state index in [0.29, 0.717) is 12.2 Å².